The quantitative estimate of drug-likeness (QED) is 0.860. The van der Waals surface area contributed by atoms with E-state index < -0.39 is 15.4 Å². The molecule has 0 amide bonds. The van der Waals surface area contributed by atoms with Gasteiger partial charge in [0, 0.05) is 12.6 Å². The molecule has 1 fully saturated rings. The third kappa shape index (κ3) is 2.97. The van der Waals surface area contributed by atoms with Crippen molar-refractivity contribution in [1.82, 2.24) is 9.97 Å². The minimum Gasteiger partial charge on any atom is -0.373 e. The normalized spacial score (nSPS) is 25.2. The highest BCUT2D eigenvalue weighted by Gasteiger charge is 2.39. The molecular weight excluding hydrogens is 264 g/mol. The summed E-state index contributed by atoms with van der Waals surface area (Å²) in [5, 5.41) is 6.33. The van der Waals surface area contributed by atoms with Crippen LogP contribution in [0.15, 0.2) is 6.33 Å². The number of nitrogens with one attached hydrogen (secondary N) is 2. The van der Waals surface area contributed by atoms with Crippen LogP contribution in [0.2, 0.25) is 0 Å². The molecule has 1 aliphatic rings. The van der Waals surface area contributed by atoms with Crippen molar-refractivity contribution in [1.29, 1.82) is 0 Å². The molecule has 0 bridgehead atoms. The summed E-state index contributed by atoms with van der Waals surface area (Å²) in [5.74, 6) is 1.90. The topological polar surface area (TPSA) is 84.0 Å². The fourth-order valence-electron chi connectivity index (χ4n) is 2.47. The monoisotopic (exact) mass is 284 g/mol. The molecule has 1 atom stereocenters. The maximum Gasteiger partial charge on any atom is 0.152 e. The predicted molar refractivity (Wildman–Crippen MR) is 76.3 cm³/mol. The van der Waals surface area contributed by atoms with E-state index in [4.69, 9.17) is 0 Å². The smallest absolute Gasteiger partial charge is 0.152 e. The van der Waals surface area contributed by atoms with Gasteiger partial charge in [-0.25, -0.2) is 18.4 Å². The van der Waals surface area contributed by atoms with Crippen LogP contribution in [0, 0.1) is 0 Å². The van der Waals surface area contributed by atoms with Gasteiger partial charge in [0.1, 0.15) is 18.0 Å². The Balaban J connectivity index is 2.29. The summed E-state index contributed by atoms with van der Waals surface area (Å²) < 4.78 is 23.3. The van der Waals surface area contributed by atoms with Crippen LogP contribution in [-0.2, 0) is 16.3 Å². The van der Waals surface area contributed by atoms with Gasteiger partial charge in [0.25, 0.3) is 0 Å². The van der Waals surface area contributed by atoms with Crippen LogP contribution in [-0.4, -0.2) is 42.5 Å². The molecule has 1 aliphatic heterocycles. The van der Waals surface area contributed by atoms with Crippen molar-refractivity contribution < 1.29 is 8.42 Å². The standard InChI is InChI=1S/C12H20N4O2S/c1-4-9-10(13-3)14-8-15-11(9)16-12(2)5-6-19(17,18)7-12/h8H,4-7H2,1-3H3,(H2,13,14,15,16). The average Bonchev–Trinajstić information content (AvgIpc) is 2.63. The summed E-state index contributed by atoms with van der Waals surface area (Å²) in [7, 11) is -1.12. The van der Waals surface area contributed by atoms with Gasteiger partial charge in [-0.15, -0.1) is 0 Å². The average molecular weight is 284 g/mol. The molecule has 2 N–H and O–H groups in total. The fraction of sp³-hybridized carbons (Fsp3) is 0.667. The first-order valence-corrected chi connectivity index (χ1v) is 8.21. The maximum atomic E-state index is 11.6. The van der Waals surface area contributed by atoms with Gasteiger partial charge in [0.2, 0.25) is 0 Å². The van der Waals surface area contributed by atoms with Crippen LogP contribution in [0.25, 0.3) is 0 Å². The molecule has 6 nitrogen and oxygen atoms in total. The lowest BCUT2D eigenvalue weighted by Crippen LogP contribution is -2.36. The van der Waals surface area contributed by atoms with Crippen LogP contribution >= 0.6 is 0 Å². The molecule has 7 heteroatoms. The molecule has 0 radical (unpaired) electrons. The third-order valence-corrected chi connectivity index (χ3v) is 5.36. The molecule has 106 valence electrons. The zero-order valence-electron chi connectivity index (χ0n) is 11.5. The Kier molecular flexibility index (Phi) is 3.66. The van der Waals surface area contributed by atoms with Gasteiger partial charge in [-0.1, -0.05) is 6.92 Å². The first-order valence-electron chi connectivity index (χ1n) is 6.39. The predicted octanol–water partition coefficient (Wildman–Crippen LogP) is 1.07. The minimum absolute atomic E-state index is 0.155. The van der Waals surface area contributed by atoms with E-state index in [1.807, 2.05) is 20.9 Å². The Morgan fingerprint density at radius 2 is 2.05 bits per heavy atom. The second-order valence-corrected chi connectivity index (χ2v) is 7.36. The molecule has 19 heavy (non-hydrogen) atoms. The van der Waals surface area contributed by atoms with E-state index >= 15 is 0 Å². The third-order valence-electron chi connectivity index (χ3n) is 3.46. The lowest BCUT2D eigenvalue weighted by atomic mass is 10.0. The van der Waals surface area contributed by atoms with Crippen molar-refractivity contribution in [2.75, 3.05) is 29.2 Å². The highest BCUT2D eigenvalue weighted by Crippen LogP contribution is 2.29. The van der Waals surface area contributed by atoms with Gasteiger partial charge in [-0.05, 0) is 19.8 Å². The van der Waals surface area contributed by atoms with Crippen molar-refractivity contribution in [3.8, 4) is 0 Å². The lowest BCUT2D eigenvalue weighted by molar-refractivity contribution is 0.571. The van der Waals surface area contributed by atoms with E-state index in [0.29, 0.717) is 6.42 Å². The Hall–Kier alpha value is -1.37. The zero-order valence-corrected chi connectivity index (χ0v) is 12.3. The lowest BCUT2D eigenvalue weighted by Gasteiger charge is -2.26. The summed E-state index contributed by atoms with van der Waals surface area (Å²) in [4.78, 5) is 8.43. The number of hydrogen-bond acceptors (Lipinski definition) is 6. The van der Waals surface area contributed by atoms with Crippen LogP contribution in [0.3, 0.4) is 0 Å². The van der Waals surface area contributed by atoms with E-state index in [0.717, 1.165) is 23.6 Å². The summed E-state index contributed by atoms with van der Waals surface area (Å²) in [6, 6.07) is 0. The molecular formula is C12H20N4O2S. The molecule has 2 heterocycles. The zero-order chi connectivity index (χ0) is 14.1. The summed E-state index contributed by atoms with van der Waals surface area (Å²) >= 11 is 0. The molecule has 0 spiro atoms. The van der Waals surface area contributed by atoms with Crippen molar-refractivity contribution >= 4 is 21.5 Å². The van der Waals surface area contributed by atoms with Gasteiger partial charge >= 0.3 is 0 Å². The molecule has 0 aromatic carbocycles. The summed E-state index contributed by atoms with van der Waals surface area (Å²) in [6.07, 6.45) is 2.87. The molecule has 2 rings (SSSR count). The number of sulfone groups is 1. The molecule has 1 saturated heterocycles. The van der Waals surface area contributed by atoms with Crippen molar-refractivity contribution in [3.63, 3.8) is 0 Å². The summed E-state index contributed by atoms with van der Waals surface area (Å²) in [5.41, 5.74) is 0.540. The Morgan fingerprint density at radius 3 is 2.58 bits per heavy atom. The number of hydrogen-bond donors (Lipinski definition) is 2. The first-order chi connectivity index (χ1) is 8.89. The van der Waals surface area contributed by atoms with Crippen LogP contribution < -0.4 is 10.6 Å². The number of rotatable bonds is 4. The molecule has 0 saturated carbocycles. The SMILES string of the molecule is CCc1c(NC)ncnc1NC1(C)CCS(=O)(=O)C1. The number of nitrogens with zero attached hydrogens (tertiary/aromatic N) is 2. The first kappa shape index (κ1) is 14.0. The fourth-order valence-corrected chi connectivity index (χ4v) is 4.56. The van der Waals surface area contributed by atoms with Gasteiger partial charge in [-0.3, -0.25) is 0 Å². The van der Waals surface area contributed by atoms with Gasteiger partial charge < -0.3 is 10.6 Å². The Bertz CT molecular complexity index is 573. The van der Waals surface area contributed by atoms with E-state index in [9.17, 15) is 8.42 Å². The largest absolute Gasteiger partial charge is 0.373 e. The van der Waals surface area contributed by atoms with E-state index in [1.165, 1.54) is 6.33 Å². The Labute approximate surface area is 114 Å². The molecule has 1 aromatic rings. The minimum atomic E-state index is -2.93. The van der Waals surface area contributed by atoms with Crippen LogP contribution in [0.1, 0.15) is 25.8 Å². The van der Waals surface area contributed by atoms with Crippen LogP contribution in [0.4, 0.5) is 11.6 Å². The summed E-state index contributed by atoms with van der Waals surface area (Å²) in [6.45, 7) is 3.95. The van der Waals surface area contributed by atoms with E-state index in [1.54, 1.807) is 0 Å². The second kappa shape index (κ2) is 4.96. The Morgan fingerprint density at radius 1 is 1.37 bits per heavy atom. The number of aromatic nitrogens is 2. The molecule has 1 unspecified atom stereocenters. The maximum absolute atomic E-state index is 11.6. The van der Waals surface area contributed by atoms with Gasteiger partial charge in [-0.2, -0.15) is 0 Å². The molecule has 1 aromatic heterocycles. The highest BCUT2D eigenvalue weighted by molar-refractivity contribution is 7.91. The number of anilines is 2. The van der Waals surface area contributed by atoms with Crippen molar-refractivity contribution in [2.45, 2.75) is 32.2 Å². The van der Waals surface area contributed by atoms with Gasteiger partial charge in [0.15, 0.2) is 9.84 Å². The van der Waals surface area contributed by atoms with E-state index in [-0.39, 0.29) is 11.5 Å². The highest BCUT2D eigenvalue weighted by atomic mass is 32.2. The van der Waals surface area contributed by atoms with E-state index in [2.05, 4.69) is 20.6 Å². The van der Waals surface area contributed by atoms with Crippen LogP contribution in [0.5, 0.6) is 0 Å². The van der Waals surface area contributed by atoms with Gasteiger partial charge in [0.05, 0.1) is 17.0 Å². The van der Waals surface area contributed by atoms with Crippen molar-refractivity contribution in [2.24, 2.45) is 0 Å². The second-order valence-electron chi connectivity index (χ2n) is 5.18. The van der Waals surface area contributed by atoms with Crippen molar-refractivity contribution in [3.05, 3.63) is 11.9 Å². The molecule has 0 aliphatic carbocycles.